The molecule has 2 fully saturated rings. The van der Waals surface area contributed by atoms with E-state index in [2.05, 4.69) is 41.1 Å². The highest BCUT2D eigenvalue weighted by Gasteiger charge is 2.47. The lowest BCUT2D eigenvalue weighted by atomic mass is 9.86. The molecule has 0 N–H and O–H groups in total. The maximum Gasteiger partial charge on any atom is 0.228 e. The van der Waals surface area contributed by atoms with Crippen LogP contribution in [-0.2, 0) is 11.3 Å². The number of aromatic nitrogens is 1. The van der Waals surface area contributed by atoms with Crippen LogP contribution in [0.4, 0.5) is 5.00 Å². The second-order valence-electron chi connectivity index (χ2n) is 6.86. The molecule has 4 heterocycles. The van der Waals surface area contributed by atoms with Gasteiger partial charge in [0, 0.05) is 48.7 Å². The van der Waals surface area contributed by atoms with E-state index in [1.54, 1.807) is 11.3 Å². The van der Waals surface area contributed by atoms with E-state index < -0.39 is 0 Å². The fourth-order valence-corrected chi connectivity index (χ4v) is 4.72. The number of amides is 1. The van der Waals surface area contributed by atoms with Crippen LogP contribution in [0.1, 0.15) is 23.3 Å². The molecule has 120 valence electrons. The molecule has 4 nitrogen and oxygen atoms in total. The zero-order valence-electron chi connectivity index (χ0n) is 13.4. The van der Waals surface area contributed by atoms with E-state index in [4.69, 9.17) is 0 Å². The summed E-state index contributed by atoms with van der Waals surface area (Å²) in [6.07, 6.45) is 5.50. The molecule has 1 spiro atoms. The van der Waals surface area contributed by atoms with Crippen LogP contribution in [0, 0.1) is 12.3 Å². The van der Waals surface area contributed by atoms with Crippen molar-refractivity contribution in [3.63, 3.8) is 0 Å². The third-order valence-corrected chi connectivity index (χ3v) is 6.01. The van der Waals surface area contributed by atoms with E-state index in [1.807, 2.05) is 17.3 Å². The second kappa shape index (κ2) is 5.73. The van der Waals surface area contributed by atoms with Gasteiger partial charge in [0.25, 0.3) is 0 Å². The minimum Gasteiger partial charge on any atom is -0.303 e. The van der Waals surface area contributed by atoms with Crippen LogP contribution in [0.15, 0.2) is 36.7 Å². The summed E-state index contributed by atoms with van der Waals surface area (Å²) in [5, 5.41) is 1.11. The van der Waals surface area contributed by atoms with E-state index in [-0.39, 0.29) is 11.3 Å². The number of thiophene rings is 1. The first kappa shape index (κ1) is 14.8. The second-order valence-corrected chi connectivity index (χ2v) is 8.12. The van der Waals surface area contributed by atoms with Crippen molar-refractivity contribution in [3.8, 4) is 0 Å². The zero-order valence-corrected chi connectivity index (χ0v) is 14.2. The van der Waals surface area contributed by atoms with Gasteiger partial charge in [-0.1, -0.05) is 0 Å². The lowest BCUT2D eigenvalue weighted by Gasteiger charge is -2.23. The summed E-state index contributed by atoms with van der Waals surface area (Å²) in [6, 6.07) is 8.33. The zero-order chi connectivity index (χ0) is 15.9. The van der Waals surface area contributed by atoms with Gasteiger partial charge in [0.05, 0.1) is 5.00 Å². The minimum absolute atomic E-state index is 0.141. The van der Waals surface area contributed by atoms with E-state index in [0.29, 0.717) is 6.42 Å². The molecule has 0 aromatic carbocycles. The van der Waals surface area contributed by atoms with Crippen LogP contribution < -0.4 is 4.90 Å². The van der Waals surface area contributed by atoms with Gasteiger partial charge >= 0.3 is 0 Å². The van der Waals surface area contributed by atoms with Gasteiger partial charge in [0.15, 0.2) is 0 Å². The highest BCUT2D eigenvalue weighted by atomic mass is 32.1. The van der Waals surface area contributed by atoms with Crippen molar-refractivity contribution in [2.75, 3.05) is 24.5 Å². The SMILES string of the molecule is Cc1ccc(N2C[C@]3(CCN(Cc4ccncc4)C3)CC2=O)s1. The average Bonchev–Trinajstić information content (AvgIpc) is 3.21. The summed E-state index contributed by atoms with van der Waals surface area (Å²) >= 11 is 1.72. The fourth-order valence-electron chi connectivity index (χ4n) is 3.85. The Morgan fingerprint density at radius 3 is 2.78 bits per heavy atom. The van der Waals surface area contributed by atoms with Crippen LogP contribution >= 0.6 is 11.3 Å². The van der Waals surface area contributed by atoms with Crippen molar-refractivity contribution < 1.29 is 4.79 Å². The minimum atomic E-state index is 0.141. The van der Waals surface area contributed by atoms with Crippen LogP contribution in [0.3, 0.4) is 0 Å². The Kier molecular flexibility index (Phi) is 3.70. The number of anilines is 1. The number of hydrogen-bond donors (Lipinski definition) is 0. The van der Waals surface area contributed by atoms with Crippen molar-refractivity contribution in [3.05, 3.63) is 47.1 Å². The highest BCUT2D eigenvalue weighted by molar-refractivity contribution is 7.16. The normalized spacial score (nSPS) is 24.9. The van der Waals surface area contributed by atoms with Crippen molar-refractivity contribution >= 4 is 22.2 Å². The van der Waals surface area contributed by atoms with Gasteiger partial charge in [0.1, 0.15) is 0 Å². The standard InChI is InChI=1S/C18H21N3OS/c1-14-2-3-17(23-14)21-13-18(10-16(21)22)6-9-20(12-18)11-15-4-7-19-8-5-15/h2-5,7-8H,6,9-13H2,1H3/t18-/m1/s1. The van der Waals surface area contributed by atoms with Crippen molar-refractivity contribution in [1.29, 1.82) is 0 Å². The number of rotatable bonds is 3. The molecule has 2 aromatic rings. The lowest BCUT2D eigenvalue weighted by Crippen LogP contribution is -2.30. The number of pyridine rings is 1. The maximum absolute atomic E-state index is 12.5. The first-order valence-electron chi connectivity index (χ1n) is 8.12. The van der Waals surface area contributed by atoms with Gasteiger partial charge in [-0.25, -0.2) is 0 Å². The topological polar surface area (TPSA) is 36.4 Å². The Bertz CT molecular complexity index is 714. The van der Waals surface area contributed by atoms with E-state index in [1.165, 1.54) is 10.4 Å². The molecule has 23 heavy (non-hydrogen) atoms. The molecular weight excluding hydrogens is 306 g/mol. The fraction of sp³-hybridized carbons (Fsp3) is 0.444. The predicted molar refractivity (Wildman–Crippen MR) is 92.6 cm³/mol. The van der Waals surface area contributed by atoms with Gasteiger partial charge in [-0.05, 0) is 49.7 Å². The number of nitrogens with zero attached hydrogens (tertiary/aromatic N) is 3. The summed E-state index contributed by atoms with van der Waals surface area (Å²) in [5.74, 6) is 0.289. The van der Waals surface area contributed by atoms with Crippen molar-refractivity contribution in [2.45, 2.75) is 26.3 Å². The van der Waals surface area contributed by atoms with Gasteiger partial charge in [-0.2, -0.15) is 0 Å². The quantitative estimate of drug-likeness (QED) is 0.869. The Morgan fingerprint density at radius 1 is 1.22 bits per heavy atom. The van der Waals surface area contributed by atoms with Gasteiger partial charge < -0.3 is 4.90 Å². The largest absolute Gasteiger partial charge is 0.303 e. The monoisotopic (exact) mass is 327 g/mol. The van der Waals surface area contributed by atoms with E-state index in [0.717, 1.165) is 37.6 Å². The molecule has 2 aliphatic rings. The lowest BCUT2D eigenvalue weighted by molar-refractivity contribution is -0.117. The molecule has 0 radical (unpaired) electrons. The molecule has 2 aliphatic heterocycles. The average molecular weight is 327 g/mol. The third kappa shape index (κ3) is 2.91. The summed E-state index contributed by atoms with van der Waals surface area (Å²) < 4.78 is 0. The molecule has 2 saturated heterocycles. The molecule has 5 heteroatoms. The highest BCUT2D eigenvalue weighted by Crippen LogP contribution is 2.43. The van der Waals surface area contributed by atoms with Crippen LogP contribution in [0.25, 0.3) is 0 Å². The molecule has 0 unspecified atom stereocenters. The summed E-state index contributed by atoms with van der Waals surface area (Å²) in [4.78, 5) is 22.3. The molecule has 0 saturated carbocycles. The Hall–Kier alpha value is -1.72. The molecule has 0 aliphatic carbocycles. The number of likely N-dealkylation sites (tertiary alicyclic amines) is 1. The Morgan fingerprint density at radius 2 is 2.04 bits per heavy atom. The van der Waals surface area contributed by atoms with Crippen LogP contribution in [0.5, 0.6) is 0 Å². The van der Waals surface area contributed by atoms with Crippen molar-refractivity contribution in [2.24, 2.45) is 5.41 Å². The van der Waals surface area contributed by atoms with E-state index in [9.17, 15) is 4.79 Å². The molecule has 1 amide bonds. The maximum atomic E-state index is 12.5. The predicted octanol–water partition coefficient (Wildman–Crippen LogP) is 3.08. The smallest absolute Gasteiger partial charge is 0.228 e. The number of aryl methyl sites for hydroxylation is 1. The van der Waals surface area contributed by atoms with Crippen LogP contribution in [0.2, 0.25) is 0 Å². The molecule has 4 rings (SSSR count). The molecule has 2 aromatic heterocycles. The third-order valence-electron chi connectivity index (χ3n) is 4.99. The number of carbonyl (C=O) groups is 1. The number of carbonyl (C=O) groups excluding carboxylic acids is 1. The van der Waals surface area contributed by atoms with Gasteiger partial charge in [-0.15, -0.1) is 11.3 Å². The molecular formula is C18H21N3OS. The Balaban J connectivity index is 1.45. The number of hydrogen-bond acceptors (Lipinski definition) is 4. The first-order valence-corrected chi connectivity index (χ1v) is 8.93. The van der Waals surface area contributed by atoms with Gasteiger partial charge in [0.2, 0.25) is 5.91 Å². The summed E-state index contributed by atoms with van der Waals surface area (Å²) in [7, 11) is 0. The summed E-state index contributed by atoms with van der Waals surface area (Å²) in [5.41, 5.74) is 1.44. The van der Waals surface area contributed by atoms with Crippen molar-refractivity contribution in [1.82, 2.24) is 9.88 Å². The Labute approximate surface area is 140 Å². The molecule has 1 atom stereocenters. The van der Waals surface area contributed by atoms with Gasteiger partial charge in [-0.3, -0.25) is 14.7 Å². The van der Waals surface area contributed by atoms with Crippen LogP contribution in [-0.4, -0.2) is 35.4 Å². The first-order chi connectivity index (χ1) is 11.1. The van der Waals surface area contributed by atoms with E-state index >= 15 is 0 Å². The molecule has 0 bridgehead atoms. The summed E-state index contributed by atoms with van der Waals surface area (Å²) in [6.45, 7) is 6.01.